The van der Waals surface area contributed by atoms with Crippen molar-refractivity contribution in [2.24, 2.45) is 0 Å². The monoisotopic (exact) mass is 610 g/mol. The lowest BCUT2D eigenvalue weighted by Crippen LogP contribution is -2.36. The first kappa shape index (κ1) is 29.7. The van der Waals surface area contributed by atoms with E-state index in [0.717, 1.165) is 22.2 Å². The van der Waals surface area contributed by atoms with Gasteiger partial charge in [0.2, 0.25) is 11.5 Å². The summed E-state index contributed by atoms with van der Waals surface area (Å²) in [6, 6.07) is 23.0. The van der Waals surface area contributed by atoms with Crippen LogP contribution in [0, 0.1) is 0 Å². The highest BCUT2D eigenvalue weighted by molar-refractivity contribution is 7.85. The molecule has 1 aromatic heterocycles. The van der Waals surface area contributed by atoms with Crippen molar-refractivity contribution >= 4 is 44.3 Å². The molecule has 42 heavy (non-hydrogen) atoms. The molecule has 2 heterocycles. The van der Waals surface area contributed by atoms with Gasteiger partial charge in [0.25, 0.3) is 5.52 Å². The van der Waals surface area contributed by atoms with Crippen molar-refractivity contribution in [1.29, 1.82) is 0 Å². The van der Waals surface area contributed by atoms with E-state index in [4.69, 9.17) is 17.9 Å². The van der Waals surface area contributed by atoms with Crippen molar-refractivity contribution in [3.8, 4) is 16.9 Å². The van der Waals surface area contributed by atoms with E-state index in [9.17, 15) is 17.2 Å². The first-order valence-electron chi connectivity index (χ1n) is 13.4. The standard InChI is InChI=1S/C30H30N2O8S2/c1-2-22(19-29-31(15-8-17-38-41(33)34)25-11-6-7-12-27(25)39-29)20-30-32(16-18-42(35,36)37)26-21-24(13-14-28(26)40-30)23-9-4-3-5-10-23/h3-7,9-14,19-21H,2,8,15-18H2,1H3,(H-,33,34,35,36,37). The Morgan fingerprint density at radius 3 is 2.60 bits per heavy atom. The van der Waals surface area contributed by atoms with Crippen molar-refractivity contribution in [3.05, 3.63) is 96.2 Å². The van der Waals surface area contributed by atoms with Crippen molar-refractivity contribution in [2.45, 2.75) is 26.3 Å². The zero-order valence-electron chi connectivity index (χ0n) is 22.8. The number of para-hydroxylation sites is 2. The van der Waals surface area contributed by atoms with Crippen LogP contribution in [0.15, 0.2) is 94.7 Å². The summed E-state index contributed by atoms with van der Waals surface area (Å²) in [6.07, 6.45) is 4.76. The molecule has 0 bridgehead atoms. The third-order valence-electron chi connectivity index (χ3n) is 6.78. The molecule has 3 aromatic carbocycles. The van der Waals surface area contributed by atoms with E-state index in [1.54, 1.807) is 4.90 Å². The van der Waals surface area contributed by atoms with Gasteiger partial charge in [-0.05, 0) is 41.3 Å². The van der Waals surface area contributed by atoms with Gasteiger partial charge in [0.05, 0.1) is 34.2 Å². The van der Waals surface area contributed by atoms with Crippen LogP contribution < -0.4 is 14.2 Å². The lowest BCUT2D eigenvalue weighted by Gasteiger charge is -2.20. The van der Waals surface area contributed by atoms with Crippen LogP contribution in [0.25, 0.3) is 28.3 Å². The fourth-order valence-electron chi connectivity index (χ4n) is 4.76. The first-order chi connectivity index (χ1) is 20.2. The van der Waals surface area contributed by atoms with Crippen molar-refractivity contribution < 1.29 is 39.6 Å². The van der Waals surface area contributed by atoms with E-state index in [1.807, 2.05) is 96.4 Å². The Morgan fingerprint density at radius 2 is 1.86 bits per heavy atom. The van der Waals surface area contributed by atoms with Crippen LogP contribution in [0.1, 0.15) is 25.7 Å². The topological polar surface area (TPSA) is 133 Å². The minimum Gasteiger partial charge on any atom is -0.748 e. The molecule has 0 spiro atoms. The Kier molecular flexibility index (Phi) is 9.19. The van der Waals surface area contributed by atoms with E-state index in [1.165, 1.54) is 0 Å². The zero-order valence-corrected chi connectivity index (χ0v) is 24.5. The second kappa shape index (κ2) is 13.0. The van der Waals surface area contributed by atoms with Gasteiger partial charge in [0.1, 0.15) is 0 Å². The van der Waals surface area contributed by atoms with E-state index >= 15 is 0 Å². The van der Waals surface area contributed by atoms with Gasteiger partial charge >= 0.3 is 17.3 Å². The molecular weight excluding hydrogens is 580 g/mol. The normalized spacial score (nSPS) is 15.3. The molecule has 1 N–H and O–H groups in total. The quantitative estimate of drug-likeness (QED) is 0.102. The van der Waals surface area contributed by atoms with Crippen molar-refractivity contribution in [3.63, 3.8) is 0 Å². The second-order valence-corrected chi connectivity index (χ2v) is 11.8. The summed E-state index contributed by atoms with van der Waals surface area (Å²) in [6.45, 7) is 2.47. The molecule has 1 aliphatic heterocycles. The molecule has 0 radical (unpaired) electrons. The van der Waals surface area contributed by atoms with Crippen LogP contribution >= 0.6 is 0 Å². The van der Waals surface area contributed by atoms with Crippen LogP contribution in [-0.4, -0.2) is 40.6 Å². The molecule has 0 saturated heterocycles. The number of nitrogens with zero attached hydrogens (tertiary/aromatic N) is 2. The number of rotatable bonds is 12. The number of hydrogen-bond donors (Lipinski definition) is 1. The maximum absolute atomic E-state index is 11.6. The largest absolute Gasteiger partial charge is 0.748 e. The van der Waals surface area contributed by atoms with E-state index < -0.39 is 27.2 Å². The van der Waals surface area contributed by atoms with E-state index in [0.29, 0.717) is 48.2 Å². The third kappa shape index (κ3) is 7.15. The molecule has 0 fully saturated rings. The molecule has 1 unspecified atom stereocenters. The number of hydrogen-bond acceptors (Lipinski definition) is 8. The Balaban J connectivity index is 1.50. The summed E-state index contributed by atoms with van der Waals surface area (Å²) >= 11 is -2.33. The molecule has 1 aliphatic rings. The van der Waals surface area contributed by atoms with Gasteiger partial charge < -0.3 is 18.6 Å². The summed E-state index contributed by atoms with van der Waals surface area (Å²) < 4.78 is 73.6. The molecule has 10 nitrogen and oxygen atoms in total. The molecule has 0 amide bonds. The molecule has 5 rings (SSSR count). The van der Waals surface area contributed by atoms with Gasteiger partial charge in [-0.3, -0.25) is 8.74 Å². The number of ether oxygens (including phenoxy) is 1. The van der Waals surface area contributed by atoms with E-state index in [-0.39, 0.29) is 13.2 Å². The molecule has 1 atom stereocenters. The molecule has 0 aliphatic carbocycles. The van der Waals surface area contributed by atoms with Crippen molar-refractivity contribution in [1.82, 2.24) is 0 Å². The van der Waals surface area contributed by atoms with E-state index in [2.05, 4.69) is 0 Å². The van der Waals surface area contributed by atoms with Crippen LogP contribution in [0.3, 0.4) is 0 Å². The number of aromatic nitrogens is 1. The number of benzene rings is 3. The maximum atomic E-state index is 11.6. The Hall–Kier alpha value is -3.81. The van der Waals surface area contributed by atoms with Gasteiger partial charge in [-0.2, -0.15) is 8.78 Å². The van der Waals surface area contributed by atoms with Gasteiger partial charge in [-0.1, -0.05) is 55.5 Å². The van der Waals surface area contributed by atoms with Gasteiger partial charge in [-0.15, -0.1) is 0 Å². The van der Waals surface area contributed by atoms with Crippen LogP contribution in [-0.2, 0) is 32.2 Å². The number of anilines is 1. The summed E-state index contributed by atoms with van der Waals surface area (Å²) in [7, 11) is -4.47. The SMILES string of the molecule is CCC(=Cc1oc2ccccc2[n+]1CCCOS(=O)O)C=C1Oc2ccc(-c3ccccc3)cc2N1CCS(=O)(=O)[O-]. The molecule has 0 saturated carbocycles. The molecular formula is C30H30N2O8S2. The predicted octanol–water partition coefficient (Wildman–Crippen LogP) is 5.01. The Bertz CT molecular complexity index is 1760. The average Bonchev–Trinajstić information content (AvgIpc) is 3.50. The Labute approximate surface area is 246 Å². The minimum absolute atomic E-state index is 0.0726. The predicted molar refractivity (Wildman–Crippen MR) is 159 cm³/mol. The molecule has 12 heteroatoms. The van der Waals surface area contributed by atoms with Crippen LogP contribution in [0.4, 0.5) is 5.69 Å². The maximum Gasteiger partial charge on any atom is 0.374 e. The lowest BCUT2D eigenvalue weighted by molar-refractivity contribution is -0.678. The third-order valence-corrected chi connectivity index (χ3v) is 7.83. The van der Waals surface area contributed by atoms with Crippen LogP contribution in [0.2, 0.25) is 0 Å². The lowest BCUT2D eigenvalue weighted by atomic mass is 10.0. The summed E-state index contributed by atoms with van der Waals surface area (Å²) in [5.41, 5.74) is 4.96. The summed E-state index contributed by atoms with van der Waals surface area (Å²) in [5.74, 6) is 0.928. The van der Waals surface area contributed by atoms with Gasteiger partial charge in [-0.25, -0.2) is 8.42 Å². The summed E-state index contributed by atoms with van der Waals surface area (Å²) in [4.78, 5) is 1.71. The second-order valence-electron chi connectivity index (χ2n) is 9.57. The van der Waals surface area contributed by atoms with Crippen LogP contribution in [0.5, 0.6) is 5.75 Å². The minimum atomic E-state index is -4.47. The summed E-state index contributed by atoms with van der Waals surface area (Å²) in [5, 5.41) is 0. The highest BCUT2D eigenvalue weighted by atomic mass is 32.2. The van der Waals surface area contributed by atoms with Crippen molar-refractivity contribution in [2.75, 3.05) is 23.8 Å². The molecule has 220 valence electrons. The Morgan fingerprint density at radius 1 is 1.10 bits per heavy atom. The number of aryl methyl sites for hydroxylation is 1. The zero-order chi connectivity index (χ0) is 29.7. The number of allylic oxidation sites excluding steroid dienone is 2. The highest BCUT2D eigenvalue weighted by Crippen LogP contribution is 2.42. The molecule has 4 aromatic rings. The smallest absolute Gasteiger partial charge is 0.374 e. The van der Waals surface area contributed by atoms with Gasteiger partial charge in [0, 0.05) is 25.1 Å². The van der Waals surface area contributed by atoms with Gasteiger partial charge in [0.15, 0.2) is 12.3 Å². The fourth-order valence-corrected chi connectivity index (χ4v) is 5.43. The number of oxazole rings is 1. The first-order valence-corrected chi connectivity index (χ1v) is 16.0. The average molecular weight is 611 g/mol. The number of fused-ring (bicyclic) bond motifs is 2. The highest BCUT2D eigenvalue weighted by Gasteiger charge is 2.28. The fraction of sp³-hybridized carbons (Fsp3) is 0.233.